The van der Waals surface area contributed by atoms with E-state index in [4.69, 9.17) is 6.42 Å². The molecule has 0 aliphatic carbocycles. The summed E-state index contributed by atoms with van der Waals surface area (Å²) < 4.78 is 0. The van der Waals surface area contributed by atoms with Crippen molar-refractivity contribution in [3.63, 3.8) is 0 Å². The number of nitrogens with zero attached hydrogens (tertiary/aromatic N) is 2. The minimum Gasteiger partial charge on any atom is -0.389 e. The van der Waals surface area contributed by atoms with E-state index in [1.54, 1.807) is 13.1 Å². The number of hydrogen-bond donors (Lipinski definition) is 1. The van der Waals surface area contributed by atoms with Crippen LogP contribution < -0.4 is 4.90 Å². The van der Waals surface area contributed by atoms with Crippen molar-refractivity contribution in [2.24, 2.45) is 0 Å². The van der Waals surface area contributed by atoms with Gasteiger partial charge in [0.25, 0.3) is 0 Å². The average Bonchev–Trinajstić information content (AvgIpc) is 2.26. The van der Waals surface area contributed by atoms with Gasteiger partial charge in [0, 0.05) is 12.7 Å². The molecule has 0 fully saturated rings. The molecular weight excluding hydrogens is 188 g/mol. The number of rotatable bonds is 4. The van der Waals surface area contributed by atoms with Crippen LogP contribution in [0.25, 0.3) is 0 Å². The zero-order valence-electron chi connectivity index (χ0n) is 9.14. The summed E-state index contributed by atoms with van der Waals surface area (Å²) in [5.74, 6) is 3.44. The lowest BCUT2D eigenvalue weighted by molar-refractivity contribution is 0.199. The summed E-state index contributed by atoms with van der Waals surface area (Å²) in [5, 5.41) is 9.33. The zero-order valence-corrected chi connectivity index (χ0v) is 9.14. The fourth-order valence-electron chi connectivity index (χ4n) is 1.30. The van der Waals surface area contributed by atoms with Crippen LogP contribution in [0.3, 0.4) is 0 Å². The van der Waals surface area contributed by atoms with E-state index in [0.29, 0.717) is 6.54 Å². The highest BCUT2D eigenvalue weighted by Crippen LogP contribution is 2.15. The highest BCUT2D eigenvalue weighted by Gasteiger charge is 2.05. The fraction of sp³-hybridized carbons (Fsp3) is 0.417. The number of terminal acetylenes is 1. The van der Waals surface area contributed by atoms with Crippen molar-refractivity contribution in [3.05, 3.63) is 23.9 Å². The zero-order chi connectivity index (χ0) is 11.3. The normalized spacial score (nSPS) is 11.9. The monoisotopic (exact) mass is 204 g/mol. The topological polar surface area (TPSA) is 36.4 Å². The quantitative estimate of drug-likeness (QED) is 0.757. The summed E-state index contributed by atoms with van der Waals surface area (Å²) in [6.07, 6.45) is 6.46. The SMILES string of the molecule is C#CCN(CC)c1ccc([C@@H](C)O)cn1. The minimum absolute atomic E-state index is 0.478. The van der Waals surface area contributed by atoms with Crippen LogP contribution in [-0.2, 0) is 0 Å². The number of aliphatic hydroxyl groups excluding tert-OH is 1. The Bertz CT molecular complexity index is 338. The molecular formula is C12H16N2O. The van der Waals surface area contributed by atoms with Crippen LogP contribution in [0.4, 0.5) is 5.82 Å². The van der Waals surface area contributed by atoms with Crippen molar-refractivity contribution in [2.75, 3.05) is 18.0 Å². The molecule has 0 spiro atoms. The van der Waals surface area contributed by atoms with Gasteiger partial charge in [-0.25, -0.2) is 4.98 Å². The van der Waals surface area contributed by atoms with Crippen LogP contribution in [0.5, 0.6) is 0 Å². The molecule has 3 nitrogen and oxygen atoms in total. The number of aromatic nitrogens is 1. The molecule has 15 heavy (non-hydrogen) atoms. The highest BCUT2D eigenvalue weighted by molar-refractivity contribution is 5.40. The van der Waals surface area contributed by atoms with Crippen LogP contribution in [0, 0.1) is 12.3 Å². The maximum absolute atomic E-state index is 9.33. The van der Waals surface area contributed by atoms with Crippen molar-refractivity contribution >= 4 is 5.82 Å². The molecule has 0 aliphatic rings. The highest BCUT2D eigenvalue weighted by atomic mass is 16.3. The third-order valence-electron chi connectivity index (χ3n) is 2.24. The van der Waals surface area contributed by atoms with Gasteiger partial charge in [0.05, 0.1) is 12.6 Å². The summed E-state index contributed by atoms with van der Waals surface area (Å²) in [7, 11) is 0. The van der Waals surface area contributed by atoms with Gasteiger partial charge in [0.2, 0.25) is 0 Å². The van der Waals surface area contributed by atoms with Crippen LogP contribution in [0.1, 0.15) is 25.5 Å². The Kier molecular flexibility index (Phi) is 4.14. The Morgan fingerprint density at radius 2 is 2.33 bits per heavy atom. The summed E-state index contributed by atoms with van der Waals surface area (Å²) in [4.78, 5) is 6.25. The summed E-state index contributed by atoms with van der Waals surface area (Å²) in [6.45, 7) is 5.13. The average molecular weight is 204 g/mol. The van der Waals surface area contributed by atoms with Gasteiger partial charge in [-0.15, -0.1) is 6.42 Å². The molecule has 0 amide bonds. The van der Waals surface area contributed by atoms with Gasteiger partial charge in [0.1, 0.15) is 5.82 Å². The predicted molar refractivity (Wildman–Crippen MR) is 61.6 cm³/mol. The molecule has 1 heterocycles. The van der Waals surface area contributed by atoms with E-state index in [2.05, 4.69) is 10.9 Å². The second-order valence-electron chi connectivity index (χ2n) is 3.34. The molecule has 1 rings (SSSR count). The lowest BCUT2D eigenvalue weighted by atomic mass is 10.2. The molecule has 1 aromatic heterocycles. The van der Waals surface area contributed by atoms with Gasteiger partial charge >= 0.3 is 0 Å². The lowest BCUT2D eigenvalue weighted by Gasteiger charge is -2.19. The molecule has 3 heteroatoms. The third kappa shape index (κ3) is 2.97. The molecule has 0 aliphatic heterocycles. The molecule has 0 unspecified atom stereocenters. The minimum atomic E-state index is -0.478. The fourth-order valence-corrected chi connectivity index (χ4v) is 1.30. The largest absolute Gasteiger partial charge is 0.389 e. The Labute approximate surface area is 90.8 Å². The third-order valence-corrected chi connectivity index (χ3v) is 2.24. The smallest absolute Gasteiger partial charge is 0.129 e. The Balaban J connectivity index is 2.83. The first-order valence-corrected chi connectivity index (χ1v) is 5.01. The maximum atomic E-state index is 9.33. The van der Waals surface area contributed by atoms with E-state index in [0.717, 1.165) is 17.9 Å². The molecule has 0 saturated heterocycles. The summed E-state index contributed by atoms with van der Waals surface area (Å²) >= 11 is 0. The van der Waals surface area contributed by atoms with E-state index in [1.165, 1.54) is 0 Å². The van der Waals surface area contributed by atoms with Crippen molar-refractivity contribution < 1.29 is 5.11 Å². The van der Waals surface area contributed by atoms with Crippen LogP contribution in [-0.4, -0.2) is 23.2 Å². The summed E-state index contributed by atoms with van der Waals surface area (Å²) in [6, 6.07) is 3.75. The van der Waals surface area contributed by atoms with Gasteiger partial charge in [-0.3, -0.25) is 0 Å². The number of hydrogen-bond acceptors (Lipinski definition) is 3. The molecule has 1 atom stereocenters. The molecule has 1 aromatic rings. The standard InChI is InChI=1S/C12H16N2O/c1-4-8-14(5-2)12-7-6-11(9-13-12)10(3)15/h1,6-7,9-10,15H,5,8H2,2-3H3/t10-/m1/s1. The molecule has 0 saturated carbocycles. The van der Waals surface area contributed by atoms with Gasteiger partial charge in [0.15, 0.2) is 0 Å². The first kappa shape index (κ1) is 11.5. The van der Waals surface area contributed by atoms with E-state index in [9.17, 15) is 5.11 Å². The van der Waals surface area contributed by atoms with Crippen LogP contribution in [0.15, 0.2) is 18.3 Å². The maximum Gasteiger partial charge on any atom is 0.129 e. The van der Waals surface area contributed by atoms with Crippen molar-refractivity contribution in [2.45, 2.75) is 20.0 Å². The number of aliphatic hydroxyl groups is 1. The summed E-state index contributed by atoms with van der Waals surface area (Å²) in [5.41, 5.74) is 0.815. The Morgan fingerprint density at radius 3 is 2.73 bits per heavy atom. The van der Waals surface area contributed by atoms with E-state index in [1.807, 2.05) is 24.0 Å². The van der Waals surface area contributed by atoms with E-state index in [-0.39, 0.29) is 0 Å². The Hall–Kier alpha value is -1.53. The van der Waals surface area contributed by atoms with Gasteiger partial charge in [-0.05, 0) is 25.5 Å². The number of pyridine rings is 1. The second-order valence-corrected chi connectivity index (χ2v) is 3.34. The lowest BCUT2D eigenvalue weighted by Crippen LogP contribution is -2.23. The van der Waals surface area contributed by atoms with Gasteiger partial charge in [-0.2, -0.15) is 0 Å². The van der Waals surface area contributed by atoms with Gasteiger partial charge < -0.3 is 10.0 Å². The molecule has 0 bridgehead atoms. The van der Waals surface area contributed by atoms with Crippen molar-refractivity contribution in [3.8, 4) is 12.3 Å². The first-order chi connectivity index (χ1) is 7.19. The second kappa shape index (κ2) is 5.38. The predicted octanol–water partition coefficient (Wildman–Crippen LogP) is 1.59. The number of anilines is 1. The van der Waals surface area contributed by atoms with E-state index >= 15 is 0 Å². The molecule has 1 N–H and O–H groups in total. The molecule has 80 valence electrons. The van der Waals surface area contributed by atoms with Crippen molar-refractivity contribution in [1.82, 2.24) is 4.98 Å². The Morgan fingerprint density at radius 1 is 1.60 bits per heavy atom. The molecule has 0 radical (unpaired) electrons. The molecule has 0 aromatic carbocycles. The first-order valence-electron chi connectivity index (χ1n) is 5.01. The van der Waals surface area contributed by atoms with Crippen LogP contribution in [0.2, 0.25) is 0 Å². The van der Waals surface area contributed by atoms with Crippen LogP contribution >= 0.6 is 0 Å². The van der Waals surface area contributed by atoms with Gasteiger partial charge in [-0.1, -0.05) is 12.0 Å². The van der Waals surface area contributed by atoms with Crippen molar-refractivity contribution in [1.29, 1.82) is 0 Å². The van der Waals surface area contributed by atoms with E-state index < -0.39 is 6.10 Å².